The number of benzene rings is 1. The topological polar surface area (TPSA) is 42.0 Å². The number of hydrogen-bond donors (Lipinski definition) is 1. The number of carbonyl (C=O) groups is 1. The molecule has 0 aliphatic heterocycles. The summed E-state index contributed by atoms with van der Waals surface area (Å²) in [4.78, 5) is 15.8. The van der Waals surface area contributed by atoms with E-state index in [0.29, 0.717) is 5.56 Å². The van der Waals surface area contributed by atoms with Crippen molar-refractivity contribution in [2.24, 2.45) is 0 Å². The number of carbonyl (C=O) groups excluding carboxylic acids is 1. The molecule has 0 fully saturated rings. The Morgan fingerprint density at radius 3 is 2.84 bits per heavy atom. The fourth-order valence-electron chi connectivity index (χ4n) is 1.70. The molecule has 2 rings (SSSR count). The van der Waals surface area contributed by atoms with E-state index in [1.54, 1.807) is 18.8 Å². The summed E-state index contributed by atoms with van der Waals surface area (Å²) in [6.07, 6.45) is 1.81. The molecule has 0 atom stereocenters. The summed E-state index contributed by atoms with van der Waals surface area (Å²) < 4.78 is 0. The van der Waals surface area contributed by atoms with Gasteiger partial charge in [0.05, 0.1) is 5.69 Å². The first kappa shape index (κ1) is 13.6. The minimum atomic E-state index is -0.0448. The van der Waals surface area contributed by atoms with Crippen molar-refractivity contribution in [3.63, 3.8) is 0 Å². The fraction of sp³-hybridized carbons (Fsp3) is 0.200. The molecule has 1 heterocycles. The summed E-state index contributed by atoms with van der Waals surface area (Å²) in [6, 6.07) is 13.7. The van der Waals surface area contributed by atoms with Crippen LogP contribution in [0.2, 0.25) is 0 Å². The van der Waals surface area contributed by atoms with Crippen LogP contribution in [0.25, 0.3) is 0 Å². The van der Waals surface area contributed by atoms with E-state index in [0.717, 1.165) is 22.8 Å². The highest BCUT2D eigenvalue weighted by Crippen LogP contribution is 2.17. The molecule has 0 unspecified atom stereocenters. The Labute approximate surface area is 117 Å². The smallest absolute Gasteiger partial charge is 0.251 e. The van der Waals surface area contributed by atoms with Crippen molar-refractivity contribution in [3.05, 3.63) is 65.5 Å². The molecule has 19 heavy (non-hydrogen) atoms. The van der Waals surface area contributed by atoms with E-state index in [-0.39, 0.29) is 5.91 Å². The van der Waals surface area contributed by atoms with Gasteiger partial charge in [0.15, 0.2) is 0 Å². The molecule has 1 amide bonds. The molecule has 1 aromatic carbocycles. The first-order valence-electron chi connectivity index (χ1n) is 6.08. The lowest BCUT2D eigenvalue weighted by atomic mass is 10.1. The second-order valence-corrected chi connectivity index (χ2v) is 5.08. The molecule has 0 bridgehead atoms. The first-order chi connectivity index (χ1) is 9.29. The van der Waals surface area contributed by atoms with E-state index < -0.39 is 0 Å². The number of amides is 1. The number of aromatic nitrogens is 1. The monoisotopic (exact) mass is 272 g/mol. The number of nitrogens with zero attached hydrogens (tertiary/aromatic N) is 1. The van der Waals surface area contributed by atoms with Crippen molar-refractivity contribution >= 4 is 17.7 Å². The second kappa shape index (κ2) is 6.95. The molecule has 1 aromatic heterocycles. The van der Waals surface area contributed by atoms with Crippen LogP contribution in [0.3, 0.4) is 0 Å². The predicted octanol–water partition coefficient (Wildman–Crippen LogP) is 2.87. The van der Waals surface area contributed by atoms with E-state index in [4.69, 9.17) is 0 Å². The quantitative estimate of drug-likeness (QED) is 0.910. The Kier molecular flexibility index (Phi) is 4.98. The number of nitrogens with one attached hydrogen (secondary N) is 1. The summed E-state index contributed by atoms with van der Waals surface area (Å²) in [5, 5.41) is 2.63. The van der Waals surface area contributed by atoms with Crippen molar-refractivity contribution in [1.29, 1.82) is 0 Å². The molecular formula is C15H16N2OS. The molecule has 1 N–H and O–H groups in total. The van der Waals surface area contributed by atoms with Crippen LogP contribution in [-0.4, -0.2) is 17.9 Å². The SMILES string of the molecule is CNC(=O)c1cccc(CSCc2ccccn2)c1. The van der Waals surface area contributed by atoms with Crippen LogP contribution in [-0.2, 0) is 11.5 Å². The average molecular weight is 272 g/mol. The normalized spacial score (nSPS) is 10.2. The van der Waals surface area contributed by atoms with Crippen molar-refractivity contribution < 1.29 is 4.79 Å². The Balaban J connectivity index is 1.91. The van der Waals surface area contributed by atoms with Gasteiger partial charge in [-0.05, 0) is 29.8 Å². The van der Waals surface area contributed by atoms with Crippen molar-refractivity contribution in [3.8, 4) is 0 Å². The van der Waals surface area contributed by atoms with Gasteiger partial charge in [-0.2, -0.15) is 11.8 Å². The van der Waals surface area contributed by atoms with Crippen LogP contribution >= 0.6 is 11.8 Å². The molecule has 0 radical (unpaired) electrons. The maximum atomic E-state index is 11.5. The van der Waals surface area contributed by atoms with Crippen molar-refractivity contribution in [2.75, 3.05) is 7.05 Å². The largest absolute Gasteiger partial charge is 0.355 e. The van der Waals surface area contributed by atoms with Gasteiger partial charge >= 0.3 is 0 Å². The zero-order valence-corrected chi connectivity index (χ0v) is 11.6. The van der Waals surface area contributed by atoms with E-state index in [2.05, 4.69) is 10.3 Å². The molecule has 0 spiro atoms. The van der Waals surface area contributed by atoms with E-state index >= 15 is 0 Å². The zero-order valence-electron chi connectivity index (χ0n) is 10.8. The van der Waals surface area contributed by atoms with E-state index in [1.807, 2.05) is 48.7 Å². The first-order valence-corrected chi connectivity index (χ1v) is 7.24. The Morgan fingerprint density at radius 1 is 1.21 bits per heavy atom. The lowest BCUT2D eigenvalue weighted by Crippen LogP contribution is -2.17. The molecule has 0 saturated carbocycles. The Morgan fingerprint density at radius 2 is 2.11 bits per heavy atom. The number of thioether (sulfide) groups is 1. The number of pyridine rings is 1. The summed E-state index contributed by atoms with van der Waals surface area (Å²) in [5.74, 6) is 1.71. The predicted molar refractivity (Wildman–Crippen MR) is 79.1 cm³/mol. The minimum absolute atomic E-state index is 0.0448. The zero-order chi connectivity index (χ0) is 13.5. The lowest BCUT2D eigenvalue weighted by Gasteiger charge is -2.04. The minimum Gasteiger partial charge on any atom is -0.355 e. The highest BCUT2D eigenvalue weighted by Gasteiger charge is 2.03. The van der Waals surface area contributed by atoms with Gasteiger partial charge in [0.25, 0.3) is 5.91 Å². The molecule has 0 aliphatic rings. The van der Waals surface area contributed by atoms with Gasteiger partial charge in [0.1, 0.15) is 0 Å². The third-order valence-electron chi connectivity index (χ3n) is 2.66. The van der Waals surface area contributed by atoms with Crippen LogP contribution in [0, 0.1) is 0 Å². The van der Waals surface area contributed by atoms with Gasteiger partial charge in [0, 0.05) is 30.3 Å². The molecule has 4 heteroatoms. The number of rotatable bonds is 5. The highest BCUT2D eigenvalue weighted by atomic mass is 32.2. The molecular weight excluding hydrogens is 256 g/mol. The van der Waals surface area contributed by atoms with Crippen LogP contribution in [0.15, 0.2) is 48.7 Å². The van der Waals surface area contributed by atoms with Gasteiger partial charge in [-0.15, -0.1) is 0 Å². The number of hydrogen-bond acceptors (Lipinski definition) is 3. The van der Waals surface area contributed by atoms with Crippen molar-refractivity contribution in [1.82, 2.24) is 10.3 Å². The van der Waals surface area contributed by atoms with E-state index in [1.165, 1.54) is 0 Å². The van der Waals surface area contributed by atoms with Gasteiger partial charge < -0.3 is 5.32 Å². The Bertz CT molecular complexity index is 543. The maximum Gasteiger partial charge on any atom is 0.251 e. The standard InChI is InChI=1S/C15H16N2OS/c1-16-15(18)13-6-4-5-12(9-13)10-19-11-14-7-2-3-8-17-14/h2-9H,10-11H2,1H3,(H,16,18). The Hall–Kier alpha value is -1.81. The van der Waals surface area contributed by atoms with Crippen LogP contribution in [0.5, 0.6) is 0 Å². The van der Waals surface area contributed by atoms with Gasteiger partial charge in [-0.1, -0.05) is 18.2 Å². The average Bonchev–Trinajstić information content (AvgIpc) is 2.48. The fourth-order valence-corrected chi connectivity index (χ4v) is 2.60. The van der Waals surface area contributed by atoms with E-state index in [9.17, 15) is 4.79 Å². The third kappa shape index (κ3) is 4.10. The van der Waals surface area contributed by atoms with Gasteiger partial charge in [-0.25, -0.2) is 0 Å². The third-order valence-corrected chi connectivity index (χ3v) is 3.70. The molecule has 2 aromatic rings. The highest BCUT2D eigenvalue weighted by molar-refractivity contribution is 7.97. The summed E-state index contributed by atoms with van der Waals surface area (Å²) in [5.41, 5.74) is 2.94. The van der Waals surface area contributed by atoms with Crippen LogP contribution in [0.4, 0.5) is 0 Å². The van der Waals surface area contributed by atoms with Gasteiger partial charge in [0.2, 0.25) is 0 Å². The summed E-state index contributed by atoms with van der Waals surface area (Å²) in [7, 11) is 1.64. The molecule has 0 aliphatic carbocycles. The van der Waals surface area contributed by atoms with Crippen LogP contribution in [0.1, 0.15) is 21.6 Å². The molecule has 3 nitrogen and oxygen atoms in total. The summed E-state index contributed by atoms with van der Waals surface area (Å²) in [6.45, 7) is 0. The molecule has 98 valence electrons. The van der Waals surface area contributed by atoms with Crippen LogP contribution < -0.4 is 5.32 Å². The second-order valence-electron chi connectivity index (χ2n) is 4.09. The maximum absolute atomic E-state index is 11.5. The lowest BCUT2D eigenvalue weighted by molar-refractivity contribution is 0.0963. The van der Waals surface area contributed by atoms with Crippen molar-refractivity contribution in [2.45, 2.75) is 11.5 Å². The summed E-state index contributed by atoms with van der Waals surface area (Å²) >= 11 is 1.79. The molecule has 0 saturated heterocycles. The van der Waals surface area contributed by atoms with Gasteiger partial charge in [-0.3, -0.25) is 9.78 Å².